The van der Waals surface area contributed by atoms with Gasteiger partial charge in [-0.3, -0.25) is 9.59 Å². The third-order valence-electron chi connectivity index (χ3n) is 12.1. The Balaban J connectivity index is 1.23. The van der Waals surface area contributed by atoms with Crippen molar-refractivity contribution in [3.8, 4) is 21.9 Å². The van der Waals surface area contributed by atoms with Crippen LogP contribution in [-0.2, 0) is 23.9 Å². The maximum atomic E-state index is 13.7. The molecule has 0 radical (unpaired) electrons. The molecule has 2 saturated carbocycles. The molecule has 274 valence electrons. The summed E-state index contributed by atoms with van der Waals surface area (Å²) in [6, 6.07) is 6.29. The summed E-state index contributed by atoms with van der Waals surface area (Å²) in [6.45, 7) is 19.6. The van der Waals surface area contributed by atoms with Crippen LogP contribution in [-0.4, -0.2) is 9.13 Å². The smallest absolute Gasteiger partial charge is 0.294 e. The molecule has 8 nitrogen and oxygen atoms in total. The van der Waals surface area contributed by atoms with E-state index in [4.69, 9.17) is 13.1 Å². The second-order valence-electron chi connectivity index (χ2n) is 14.7. The number of thiophene rings is 3. The van der Waals surface area contributed by atoms with E-state index in [1.807, 2.05) is 54.7 Å². The van der Waals surface area contributed by atoms with Crippen molar-refractivity contribution < 1.29 is 0 Å². The van der Waals surface area contributed by atoms with Gasteiger partial charge in [-0.15, -0.1) is 56.7 Å². The summed E-state index contributed by atoms with van der Waals surface area (Å²) in [7, 11) is 0. The molecule has 5 heterocycles. The molecule has 2 spiro atoms. The van der Waals surface area contributed by atoms with Crippen LogP contribution < -0.4 is 29.5 Å². The summed E-state index contributed by atoms with van der Waals surface area (Å²) in [5.74, 6) is 0. The first-order valence-electron chi connectivity index (χ1n) is 18.7. The normalized spacial score (nSPS) is 19.4. The van der Waals surface area contributed by atoms with Gasteiger partial charge in [-0.1, -0.05) is 38.5 Å². The van der Waals surface area contributed by atoms with Crippen LogP contribution in [0, 0.1) is 35.8 Å². The van der Waals surface area contributed by atoms with Gasteiger partial charge >= 0.3 is 0 Å². The molecule has 0 aromatic carbocycles. The monoisotopic (exact) mass is 814 g/mol. The highest BCUT2D eigenvalue weighted by molar-refractivity contribution is 7.32. The number of rotatable bonds is 4. The SMILES string of the molecule is [C-]#[N+]/C(C#N)=c1\s/c(=C\c2cc3c(s2)-c2sc4c5c(sc4c2C32CCCCC2)C=C(/C=c2\s/c(=C(\C#N)[N+]#[C-])n(CC)c2=O)C52CCCCC2)c(=O)n1CC. The number of thiazole rings is 2. The Hall–Kier alpha value is -4.60. The van der Waals surface area contributed by atoms with Crippen LogP contribution in [0.25, 0.3) is 58.5 Å². The van der Waals surface area contributed by atoms with Gasteiger partial charge < -0.3 is 9.13 Å². The summed E-state index contributed by atoms with van der Waals surface area (Å²) in [6.07, 6.45) is 17.7. The fourth-order valence-electron chi connectivity index (χ4n) is 9.69. The third kappa shape index (κ3) is 5.11. The Morgan fingerprint density at radius 1 is 0.745 bits per heavy atom. The van der Waals surface area contributed by atoms with Crippen molar-refractivity contribution >= 4 is 95.7 Å². The molecule has 5 aromatic rings. The first-order valence-corrected chi connectivity index (χ1v) is 22.8. The zero-order chi connectivity index (χ0) is 38.2. The van der Waals surface area contributed by atoms with Crippen molar-refractivity contribution in [3.63, 3.8) is 0 Å². The molecule has 0 aliphatic heterocycles. The van der Waals surface area contributed by atoms with Gasteiger partial charge in [0.2, 0.25) is 0 Å². The van der Waals surface area contributed by atoms with Gasteiger partial charge in [-0.2, -0.15) is 0 Å². The molecule has 2 fully saturated rings. The molecule has 0 atom stereocenters. The highest BCUT2D eigenvalue weighted by Gasteiger charge is 2.51. The number of hydrogen-bond acceptors (Lipinski definition) is 9. The van der Waals surface area contributed by atoms with Crippen LogP contribution in [0.2, 0.25) is 0 Å². The van der Waals surface area contributed by atoms with E-state index < -0.39 is 0 Å². The van der Waals surface area contributed by atoms with E-state index >= 15 is 0 Å². The van der Waals surface area contributed by atoms with Gasteiger partial charge in [0.25, 0.3) is 22.5 Å². The highest BCUT2D eigenvalue weighted by atomic mass is 32.1. The molecule has 0 unspecified atom stereocenters. The average Bonchev–Trinajstić information content (AvgIpc) is 4.05. The quantitative estimate of drug-likeness (QED) is 0.173. The number of fused-ring (bicyclic) bond motifs is 10. The van der Waals surface area contributed by atoms with E-state index in [9.17, 15) is 20.1 Å². The second-order valence-corrected chi connectivity index (χ2v) is 19.9. The van der Waals surface area contributed by atoms with E-state index in [0.29, 0.717) is 31.5 Å². The van der Waals surface area contributed by atoms with Crippen molar-refractivity contribution in [3.05, 3.63) is 100 Å². The summed E-state index contributed by atoms with van der Waals surface area (Å²) in [5, 5.41) is 19.2. The molecule has 0 saturated heterocycles. The summed E-state index contributed by atoms with van der Waals surface area (Å²) >= 11 is 8.11. The lowest BCUT2D eigenvalue weighted by atomic mass is 9.67. The van der Waals surface area contributed by atoms with Crippen molar-refractivity contribution in [1.29, 1.82) is 10.5 Å². The van der Waals surface area contributed by atoms with Gasteiger partial charge in [0.05, 0.1) is 48.6 Å². The minimum Gasteiger partial charge on any atom is -0.307 e. The number of allylic oxidation sites excluding steroid dienone is 1. The fourth-order valence-corrected chi connectivity index (χ4v) is 16.6. The topological polar surface area (TPSA) is 100 Å². The number of nitrogens with zero attached hydrogens (tertiary/aromatic N) is 6. The second kappa shape index (κ2) is 13.6. The fraction of sp³-hybridized carbons (Fsp3) is 0.381. The molecular weight excluding hydrogens is 781 g/mol. The predicted molar refractivity (Wildman–Crippen MR) is 226 cm³/mol. The average molecular weight is 815 g/mol. The summed E-state index contributed by atoms with van der Waals surface area (Å²) in [4.78, 5) is 39.0. The van der Waals surface area contributed by atoms with Crippen molar-refractivity contribution in [2.24, 2.45) is 0 Å². The van der Waals surface area contributed by atoms with Gasteiger partial charge in [-0.25, -0.2) is 20.2 Å². The lowest BCUT2D eigenvalue weighted by Gasteiger charge is -2.36. The lowest BCUT2D eigenvalue weighted by molar-refractivity contribution is 0.355. The van der Waals surface area contributed by atoms with Gasteiger partial charge in [0.1, 0.15) is 9.33 Å². The number of aromatic nitrogens is 2. The first kappa shape index (κ1) is 36.1. The summed E-state index contributed by atoms with van der Waals surface area (Å²) in [5.41, 5.74) is 4.88. The largest absolute Gasteiger partial charge is 0.307 e. The minimum atomic E-state index is -0.183. The highest BCUT2D eigenvalue weighted by Crippen LogP contribution is 2.67. The molecule has 9 rings (SSSR count). The molecule has 5 aromatic heterocycles. The Morgan fingerprint density at radius 2 is 1.29 bits per heavy atom. The molecule has 0 amide bonds. The molecule has 4 aliphatic carbocycles. The molecule has 0 bridgehead atoms. The van der Waals surface area contributed by atoms with Crippen LogP contribution in [0.1, 0.15) is 105 Å². The van der Waals surface area contributed by atoms with Crippen LogP contribution in [0.15, 0.2) is 21.2 Å². The molecule has 0 N–H and O–H groups in total. The zero-order valence-corrected chi connectivity index (χ0v) is 34.4. The molecule has 55 heavy (non-hydrogen) atoms. The Morgan fingerprint density at radius 3 is 1.84 bits per heavy atom. The van der Waals surface area contributed by atoms with Crippen LogP contribution in [0.3, 0.4) is 0 Å². The van der Waals surface area contributed by atoms with E-state index in [0.717, 1.165) is 43.4 Å². The minimum absolute atomic E-state index is 0.0411. The van der Waals surface area contributed by atoms with Crippen molar-refractivity contribution in [2.75, 3.05) is 0 Å². The molecule has 13 heteroatoms. The van der Waals surface area contributed by atoms with Crippen molar-refractivity contribution in [2.45, 2.75) is 102 Å². The van der Waals surface area contributed by atoms with Gasteiger partial charge in [-0.05, 0) is 80.5 Å². The van der Waals surface area contributed by atoms with E-state index in [-0.39, 0.29) is 33.3 Å². The van der Waals surface area contributed by atoms with Gasteiger partial charge in [0, 0.05) is 44.1 Å². The van der Waals surface area contributed by atoms with Crippen molar-refractivity contribution in [1.82, 2.24) is 9.13 Å². The van der Waals surface area contributed by atoms with E-state index in [1.165, 1.54) is 99.2 Å². The Kier molecular flexibility index (Phi) is 8.89. The van der Waals surface area contributed by atoms with E-state index in [1.54, 1.807) is 15.9 Å². The van der Waals surface area contributed by atoms with E-state index in [2.05, 4.69) is 27.9 Å². The standard InChI is InChI=1S/C42H34N6O2S5/c1-5-47-37(49)29(53-39(47)26(21-43)45-3)18-23-17-28-31(41(23)13-9-7-10-14-41)34-36(52-28)32-35(55-34)33-25(42(32)15-11-8-12-16-42)19-24(51-33)20-30-38(50)48(6-2)40(54-30)27(22-44)46-4/h17-20H,5-16H2,1-2H3/b29-18-,30-20-,39-26+,40-27-. The number of hydrogen-bond donors (Lipinski definition) is 0. The lowest BCUT2D eigenvalue weighted by Crippen LogP contribution is -2.33. The Bertz CT molecular complexity index is 3040. The third-order valence-corrected chi connectivity index (χ3v) is 18.1. The van der Waals surface area contributed by atoms with Gasteiger partial charge in [0.15, 0.2) is 0 Å². The zero-order valence-electron chi connectivity index (χ0n) is 30.3. The summed E-state index contributed by atoms with van der Waals surface area (Å²) < 4.78 is 7.89. The van der Waals surface area contributed by atoms with Crippen LogP contribution >= 0.6 is 56.7 Å². The van der Waals surface area contributed by atoms with Crippen LogP contribution in [0.4, 0.5) is 0 Å². The maximum Gasteiger partial charge on any atom is 0.294 e. The maximum absolute atomic E-state index is 13.7. The number of nitriles is 2. The van der Waals surface area contributed by atoms with Crippen LogP contribution in [0.5, 0.6) is 0 Å². The molecular formula is C42H34N6O2S5. The first-order chi connectivity index (χ1) is 26.8. The molecule has 4 aliphatic rings. The predicted octanol–water partition coefficient (Wildman–Crippen LogP) is 7.75. The Labute approximate surface area is 337 Å².